The SMILES string of the molecule is CCOc1ccc(S(=O)(=O)N/N=C\C(Cl)=C\c2ccccc2)cc1. The first-order valence-electron chi connectivity index (χ1n) is 7.21. The van der Waals surface area contributed by atoms with Crippen LogP contribution in [-0.4, -0.2) is 21.2 Å². The van der Waals surface area contributed by atoms with Gasteiger partial charge in [-0.05, 0) is 42.8 Å². The maximum Gasteiger partial charge on any atom is 0.276 e. The third-order valence-electron chi connectivity index (χ3n) is 2.91. The minimum absolute atomic E-state index is 0.0891. The molecule has 5 nitrogen and oxygen atoms in total. The molecule has 0 atom stereocenters. The van der Waals surface area contributed by atoms with E-state index in [2.05, 4.69) is 9.93 Å². The number of hydrazone groups is 1. The van der Waals surface area contributed by atoms with Gasteiger partial charge in [0.05, 0.1) is 22.7 Å². The number of nitrogens with zero attached hydrogens (tertiary/aromatic N) is 1. The van der Waals surface area contributed by atoms with Gasteiger partial charge in [-0.15, -0.1) is 0 Å². The van der Waals surface area contributed by atoms with E-state index in [1.807, 2.05) is 37.3 Å². The molecule has 0 unspecified atom stereocenters. The van der Waals surface area contributed by atoms with E-state index >= 15 is 0 Å². The van der Waals surface area contributed by atoms with Crippen LogP contribution in [0.5, 0.6) is 5.75 Å². The van der Waals surface area contributed by atoms with Crippen molar-refractivity contribution in [2.75, 3.05) is 6.61 Å². The molecule has 0 heterocycles. The van der Waals surface area contributed by atoms with Crippen LogP contribution in [0.2, 0.25) is 0 Å². The number of sulfonamides is 1. The van der Waals surface area contributed by atoms with Crippen molar-refractivity contribution >= 4 is 33.9 Å². The van der Waals surface area contributed by atoms with Crippen LogP contribution in [0, 0.1) is 0 Å². The topological polar surface area (TPSA) is 67.8 Å². The highest BCUT2D eigenvalue weighted by molar-refractivity contribution is 7.89. The summed E-state index contributed by atoms with van der Waals surface area (Å²) < 4.78 is 29.5. The summed E-state index contributed by atoms with van der Waals surface area (Å²) in [6.45, 7) is 2.37. The lowest BCUT2D eigenvalue weighted by atomic mass is 10.2. The fraction of sp³-hybridized carbons (Fsp3) is 0.118. The van der Waals surface area contributed by atoms with Crippen molar-refractivity contribution in [2.24, 2.45) is 5.10 Å². The number of hydrogen-bond donors (Lipinski definition) is 1. The van der Waals surface area contributed by atoms with Crippen LogP contribution in [0.1, 0.15) is 12.5 Å². The molecule has 24 heavy (non-hydrogen) atoms. The van der Waals surface area contributed by atoms with E-state index in [4.69, 9.17) is 16.3 Å². The summed E-state index contributed by atoms with van der Waals surface area (Å²) in [6, 6.07) is 15.5. The Balaban J connectivity index is 2.02. The average molecular weight is 365 g/mol. The number of ether oxygens (including phenoxy) is 1. The molecular formula is C17H17ClN2O3S. The van der Waals surface area contributed by atoms with Crippen molar-refractivity contribution in [1.82, 2.24) is 4.83 Å². The Morgan fingerprint density at radius 1 is 1.17 bits per heavy atom. The maximum atomic E-state index is 12.1. The standard InChI is InChI=1S/C17H17ClN2O3S/c1-2-23-16-8-10-17(11-9-16)24(21,22)20-19-13-15(18)12-14-6-4-3-5-7-14/h3-13,20H,2H2,1H3/b15-12-,19-13-. The van der Waals surface area contributed by atoms with Crippen LogP contribution in [0.25, 0.3) is 6.08 Å². The number of hydrogen-bond acceptors (Lipinski definition) is 4. The first-order chi connectivity index (χ1) is 11.5. The molecule has 0 aliphatic carbocycles. The fourth-order valence-corrected chi connectivity index (χ4v) is 2.80. The normalized spacial score (nSPS) is 12.3. The summed E-state index contributed by atoms with van der Waals surface area (Å²) in [5.41, 5.74) is 0.892. The molecule has 0 aliphatic heterocycles. The molecule has 0 bridgehead atoms. The van der Waals surface area contributed by atoms with Crippen LogP contribution >= 0.6 is 11.6 Å². The number of allylic oxidation sites excluding steroid dienone is 1. The fourth-order valence-electron chi connectivity index (χ4n) is 1.84. The number of halogens is 1. The van der Waals surface area contributed by atoms with Crippen LogP contribution < -0.4 is 9.57 Å². The van der Waals surface area contributed by atoms with E-state index in [0.717, 1.165) is 5.56 Å². The molecule has 2 aromatic rings. The van der Waals surface area contributed by atoms with Crippen molar-refractivity contribution in [3.8, 4) is 5.75 Å². The molecule has 0 fully saturated rings. The van der Waals surface area contributed by atoms with Crippen LogP contribution in [-0.2, 0) is 10.0 Å². The number of benzene rings is 2. The lowest BCUT2D eigenvalue weighted by Crippen LogP contribution is -2.18. The van der Waals surface area contributed by atoms with E-state index in [1.54, 1.807) is 18.2 Å². The molecular weight excluding hydrogens is 348 g/mol. The second kappa shape index (κ2) is 8.52. The first kappa shape index (κ1) is 18.0. The minimum Gasteiger partial charge on any atom is -0.494 e. The molecule has 7 heteroatoms. The Morgan fingerprint density at radius 2 is 1.83 bits per heavy atom. The molecule has 0 radical (unpaired) electrons. The average Bonchev–Trinajstić information content (AvgIpc) is 2.56. The zero-order valence-electron chi connectivity index (χ0n) is 13.0. The zero-order valence-corrected chi connectivity index (χ0v) is 14.6. The highest BCUT2D eigenvalue weighted by Gasteiger charge is 2.12. The predicted molar refractivity (Wildman–Crippen MR) is 96.7 cm³/mol. The van der Waals surface area contributed by atoms with Gasteiger partial charge in [-0.1, -0.05) is 41.9 Å². The summed E-state index contributed by atoms with van der Waals surface area (Å²) >= 11 is 6.01. The molecule has 2 aromatic carbocycles. The molecule has 1 N–H and O–H groups in total. The second-order valence-corrected chi connectivity index (χ2v) is 6.79. The Hall–Kier alpha value is -2.31. The summed E-state index contributed by atoms with van der Waals surface area (Å²) in [5, 5.41) is 3.98. The van der Waals surface area contributed by atoms with Gasteiger partial charge in [-0.25, -0.2) is 4.83 Å². The van der Waals surface area contributed by atoms with Gasteiger partial charge >= 0.3 is 0 Å². The van der Waals surface area contributed by atoms with Gasteiger partial charge in [0.1, 0.15) is 5.75 Å². The smallest absolute Gasteiger partial charge is 0.276 e. The summed E-state index contributed by atoms with van der Waals surface area (Å²) in [6.07, 6.45) is 2.91. The van der Waals surface area contributed by atoms with Gasteiger partial charge < -0.3 is 4.74 Å². The van der Waals surface area contributed by atoms with E-state index in [-0.39, 0.29) is 4.90 Å². The maximum absolute atomic E-state index is 12.1. The monoisotopic (exact) mass is 364 g/mol. The van der Waals surface area contributed by atoms with Gasteiger partial charge in [0.2, 0.25) is 0 Å². The summed E-state index contributed by atoms with van der Waals surface area (Å²) in [5.74, 6) is 0.605. The van der Waals surface area contributed by atoms with Gasteiger partial charge in [0, 0.05) is 0 Å². The van der Waals surface area contributed by atoms with E-state index in [1.165, 1.54) is 18.3 Å². The lowest BCUT2D eigenvalue weighted by Gasteiger charge is -2.05. The summed E-state index contributed by atoms with van der Waals surface area (Å²) in [7, 11) is -3.75. The van der Waals surface area contributed by atoms with Crippen molar-refractivity contribution in [3.63, 3.8) is 0 Å². The minimum atomic E-state index is -3.75. The number of rotatable bonds is 7. The van der Waals surface area contributed by atoms with Crippen LogP contribution in [0.4, 0.5) is 0 Å². The van der Waals surface area contributed by atoms with Crippen molar-refractivity contribution in [1.29, 1.82) is 0 Å². The van der Waals surface area contributed by atoms with Crippen LogP contribution in [0.3, 0.4) is 0 Å². The summed E-state index contributed by atoms with van der Waals surface area (Å²) in [4.78, 5) is 2.21. The van der Waals surface area contributed by atoms with Gasteiger partial charge in [0.25, 0.3) is 10.0 Å². The molecule has 2 rings (SSSR count). The van der Waals surface area contributed by atoms with Crippen molar-refractivity contribution in [3.05, 3.63) is 65.2 Å². The first-order valence-corrected chi connectivity index (χ1v) is 9.07. The lowest BCUT2D eigenvalue weighted by molar-refractivity contribution is 0.340. The van der Waals surface area contributed by atoms with E-state index in [0.29, 0.717) is 17.4 Å². The van der Waals surface area contributed by atoms with Crippen molar-refractivity contribution < 1.29 is 13.2 Å². The third-order valence-corrected chi connectivity index (χ3v) is 4.36. The highest BCUT2D eigenvalue weighted by Crippen LogP contribution is 2.16. The molecule has 0 amide bonds. The third kappa shape index (κ3) is 5.40. The predicted octanol–water partition coefficient (Wildman–Crippen LogP) is 3.63. The molecule has 0 spiro atoms. The van der Waals surface area contributed by atoms with Gasteiger partial charge in [-0.3, -0.25) is 0 Å². The Labute approximate surface area is 146 Å². The zero-order chi connectivity index (χ0) is 17.4. The Kier molecular flexibility index (Phi) is 6.40. The quantitative estimate of drug-likeness (QED) is 0.602. The molecule has 0 saturated carbocycles. The Morgan fingerprint density at radius 3 is 2.46 bits per heavy atom. The second-order valence-electron chi connectivity index (χ2n) is 4.70. The van der Waals surface area contributed by atoms with E-state index in [9.17, 15) is 8.42 Å². The largest absolute Gasteiger partial charge is 0.494 e. The molecule has 0 saturated heterocycles. The highest BCUT2D eigenvalue weighted by atomic mass is 35.5. The van der Waals surface area contributed by atoms with Gasteiger partial charge in [-0.2, -0.15) is 13.5 Å². The van der Waals surface area contributed by atoms with E-state index < -0.39 is 10.0 Å². The van der Waals surface area contributed by atoms with Crippen molar-refractivity contribution in [2.45, 2.75) is 11.8 Å². The molecule has 0 aliphatic rings. The Bertz CT molecular complexity index is 817. The number of nitrogens with one attached hydrogen (secondary N) is 1. The molecule has 0 aromatic heterocycles. The molecule has 126 valence electrons. The van der Waals surface area contributed by atoms with Crippen LogP contribution in [0.15, 0.2) is 69.6 Å². The van der Waals surface area contributed by atoms with Gasteiger partial charge in [0.15, 0.2) is 0 Å².